The van der Waals surface area contributed by atoms with Crippen LogP contribution in [0.5, 0.6) is 0 Å². The number of nitrogens with two attached hydrogens (primary N) is 1. The van der Waals surface area contributed by atoms with E-state index in [4.69, 9.17) is 5.73 Å². The number of carbonyl (C=O) groups excluding carboxylic acids is 1. The number of amides is 1. The van der Waals surface area contributed by atoms with Gasteiger partial charge in [0.25, 0.3) is 0 Å². The standard InChI is InChI=1S/C9H15F3N2O2/c1-3-6(13)8(15)14-4-7(5(14)2)16-9(10,11)12/h5-7H,3-4,13H2,1-2H3/t5-,6+,7-/m0/s1. The summed E-state index contributed by atoms with van der Waals surface area (Å²) < 4.78 is 39.6. The fourth-order valence-corrected chi connectivity index (χ4v) is 1.56. The summed E-state index contributed by atoms with van der Waals surface area (Å²) >= 11 is 0. The summed E-state index contributed by atoms with van der Waals surface area (Å²) in [5, 5.41) is 0. The highest BCUT2D eigenvalue weighted by atomic mass is 19.4. The molecule has 3 atom stereocenters. The summed E-state index contributed by atoms with van der Waals surface area (Å²) in [5.74, 6) is -0.322. The van der Waals surface area contributed by atoms with Crippen molar-refractivity contribution in [2.24, 2.45) is 5.73 Å². The van der Waals surface area contributed by atoms with Crippen molar-refractivity contribution in [3.05, 3.63) is 0 Å². The molecule has 16 heavy (non-hydrogen) atoms. The number of hydrogen-bond acceptors (Lipinski definition) is 3. The maximum atomic E-state index is 11.9. The van der Waals surface area contributed by atoms with Crippen LogP contribution in [0.1, 0.15) is 20.3 Å². The topological polar surface area (TPSA) is 55.6 Å². The molecule has 0 aromatic rings. The lowest BCUT2D eigenvalue weighted by Gasteiger charge is -2.46. The lowest BCUT2D eigenvalue weighted by Crippen LogP contribution is -2.65. The van der Waals surface area contributed by atoms with Crippen LogP contribution in [0.25, 0.3) is 0 Å². The Balaban J connectivity index is 2.46. The first kappa shape index (κ1) is 13.2. The van der Waals surface area contributed by atoms with E-state index in [0.717, 1.165) is 0 Å². The Labute approximate surface area is 91.5 Å². The van der Waals surface area contributed by atoms with Crippen molar-refractivity contribution in [2.45, 2.75) is 44.8 Å². The van der Waals surface area contributed by atoms with Gasteiger partial charge in [-0.05, 0) is 13.3 Å². The minimum atomic E-state index is -4.65. The zero-order valence-electron chi connectivity index (χ0n) is 9.12. The highest BCUT2D eigenvalue weighted by molar-refractivity contribution is 5.82. The molecule has 0 spiro atoms. The van der Waals surface area contributed by atoms with E-state index in [1.807, 2.05) is 0 Å². The molecule has 1 rings (SSSR count). The van der Waals surface area contributed by atoms with E-state index in [9.17, 15) is 18.0 Å². The van der Waals surface area contributed by atoms with Gasteiger partial charge in [0.2, 0.25) is 5.91 Å². The van der Waals surface area contributed by atoms with E-state index in [2.05, 4.69) is 4.74 Å². The molecule has 0 unspecified atom stereocenters. The van der Waals surface area contributed by atoms with E-state index in [1.54, 1.807) is 6.92 Å². The summed E-state index contributed by atoms with van der Waals surface area (Å²) in [6.07, 6.45) is -5.17. The van der Waals surface area contributed by atoms with Crippen molar-refractivity contribution >= 4 is 5.91 Å². The molecule has 1 heterocycles. The Hall–Kier alpha value is -0.820. The number of carbonyl (C=O) groups is 1. The largest absolute Gasteiger partial charge is 0.522 e. The first-order valence-electron chi connectivity index (χ1n) is 5.07. The van der Waals surface area contributed by atoms with Gasteiger partial charge in [0.15, 0.2) is 0 Å². The summed E-state index contributed by atoms with van der Waals surface area (Å²) in [4.78, 5) is 12.9. The van der Waals surface area contributed by atoms with Gasteiger partial charge in [-0.2, -0.15) is 0 Å². The fourth-order valence-electron chi connectivity index (χ4n) is 1.56. The number of rotatable bonds is 3. The molecule has 1 saturated heterocycles. The molecule has 0 aromatic carbocycles. The summed E-state index contributed by atoms with van der Waals surface area (Å²) in [5.41, 5.74) is 5.51. The van der Waals surface area contributed by atoms with Crippen molar-refractivity contribution < 1.29 is 22.7 Å². The lowest BCUT2D eigenvalue weighted by molar-refractivity contribution is -0.359. The molecule has 0 bridgehead atoms. The van der Waals surface area contributed by atoms with Crippen LogP contribution >= 0.6 is 0 Å². The Morgan fingerprint density at radius 1 is 1.62 bits per heavy atom. The molecule has 0 radical (unpaired) electrons. The predicted octanol–water partition coefficient (Wildman–Crippen LogP) is 0.859. The Bertz CT molecular complexity index is 270. The number of halogens is 3. The Morgan fingerprint density at radius 2 is 2.19 bits per heavy atom. The molecule has 1 aliphatic heterocycles. The molecular weight excluding hydrogens is 225 g/mol. The zero-order chi connectivity index (χ0) is 12.5. The Kier molecular flexibility index (Phi) is 3.80. The molecule has 4 nitrogen and oxygen atoms in total. The van der Waals surface area contributed by atoms with Crippen LogP contribution in [0.2, 0.25) is 0 Å². The molecular formula is C9H15F3N2O2. The molecule has 94 valence electrons. The van der Waals surface area contributed by atoms with Crippen LogP contribution < -0.4 is 5.73 Å². The van der Waals surface area contributed by atoms with Crippen molar-refractivity contribution in [1.82, 2.24) is 4.90 Å². The number of nitrogens with zero attached hydrogens (tertiary/aromatic N) is 1. The molecule has 0 aliphatic carbocycles. The highest BCUT2D eigenvalue weighted by Crippen LogP contribution is 2.28. The SMILES string of the molecule is CC[C@@H](N)C(=O)N1C[C@H](OC(F)(F)F)[C@@H]1C. The number of likely N-dealkylation sites (tertiary alicyclic amines) is 1. The number of alkyl halides is 3. The van der Waals surface area contributed by atoms with Crippen LogP contribution in [-0.2, 0) is 9.53 Å². The smallest absolute Gasteiger partial charge is 0.333 e. The van der Waals surface area contributed by atoms with E-state index in [0.29, 0.717) is 6.42 Å². The minimum Gasteiger partial charge on any atom is -0.333 e. The van der Waals surface area contributed by atoms with Crippen molar-refractivity contribution in [2.75, 3.05) is 6.54 Å². The van der Waals surface area contributed by atoms with E-state index >= 15 is 0 Å². The molecule has 2 N–H and O–H groups in total. The second-order valence-electron chi connectivity index (χ2n) is 3.85. The maximum Gasteiger partial charge on any atom is 0.522 e. The molecule has 7 heteroatoms. The van der Waals surface area contributed by atoms with Crippen LogP contribution in [0, 0.1) is 0 Å². The average molecular weight is 240 g/mol. The normalized spacial score (nSPS) is 27.5. The van der Waals surface area contributed by atoms with Gasteiger partial charge in [-0.1, -0.05) is 6.92 Å². The van der Waals surface area contributed by atoms with Crippen LogP contribution in [0.3, 0.4) is 0 Å². The van der Waals surface area contributed by atoms with Gasteiger partial charge in [0.05, 0.1) is 12.1 Å². The Morgan fingerprint density at radius 3 is 2.56 bits per heavy atom. The minimum absolute atomic E-state index is 0.0484. The van der Waals surface area contributed by atoms with Gasteiger partial charge in [0.1, 0.15) is 6.10 Å². The van der Waals surface area contributed by atoms with Crippen LogP contribution in [0.15, 0.2) is 0 Å². The molecule has 1 amide bonds. The van der Waals surface area contributed by atoms with Gasteiger partial charge < -0.3 is 10.6 Å². The van der Waals surface area contributed by atoms with Crippen molar-refractivity contribution in [3.63, 3.8) is 0 Å². The fraction of sp³-hybridized carbons (Fsp3) is 0.889. The third kappa shape index (κ3) is 2.85. The monoisotopic (exact) mass is 240 g/mol. The second kappa shape index (κ2) is 4.58. The van der Waals surface area contributed by atoms with E-state index in [1.165, 1.54) is 11.8 Å². The highest BCUT2D eigenvalue weighted by Gasteiger charge is 2.46. The second-order valence-corrected chi connectivity index (χ2v) is 3.85. The van der Waals surface area contributed by atoms with Crippen LogP contribution in [0.4, 0.5) is 13.2 Å². The molecule has 0 saturated carbocycles. The van der Waals surface area contributed by atoms with Gasteiger partial charge in [-0.3, -0.25) is 9.53 Å². The van der Waals surface area contributed by atoms with Gasteiger partial charge in [0, 0.05) is 6.54 Å². The van der Waals surface area contributed by atoms with E-state index < -0.39 is 24.6 Å². The van der Waals surface area contributed by atoms with Gasteiger partial charge in [-0.15, -0.1) is 13.2 Å². The first-order chi connectivity index (χ1) is 7.26. The van der Waals surface area contributed by atoms with Crippen LogP contribution in [-0.4, -0.2) is 41.9 Å². The van der Waals surface area contributed by atoms with E-state index in [-0.39, 0.29) is 12.5 Å². The summed E-state index contributed by atoms with van der Waals surface area (Å²) in [6, 6.07) is -1.22. The number of hydrogen-bond donors (Lipinski definition) is 1. The summed E-state index contributed by atoms with van der Waals surface area (Å²) in [7, 11) is 0. The molecule has 0 aromatic heterocycles. The van der Waals surface area contributed by atoms with Gasteiger partial charge in [-0.25, -0.2) is 0 Å². The zero-order valence-corrected chi connectivity index (χ0v) is 9.12. The lowest BCUT2D eigenvalue weighted by atomic mass is 9.99. The average Bonchev–Trinajstić information content (AvgIpc) is 2.19. The quantitative estimate of drug-likeness (QED) is 0.796. The third-order valence-corrected chi connectivity index (χ3v) is 2.73. The maximum absolute atomic E-state index is 11.9. The first-order valence-corrected chi connectivity index (χ1v) is 5.07. The predicted molar refractivity (Wildman–Crippen MR) is 50.4 cm³/mol. The van der Waals surface area contributed by atoms with Gasteiger partial charge >= 0.3 is 6.36 Å². The van der Waals surface area contributed by atoms with Crippen molar-refractivity contribution in [1.29, 1.82) is 0 Å². The molecule has 1 aliphatic rings. The summed E-state index contributed by atoms with van der Waals surface area (Å²) in [6.45, 7) is 3.21. The molecule has 1 fully saturated rings. The van der Waals surface area contributed by atoms with Crippen molar-refractivity contribution in [3.8, 4) is 0 Å². The number of ether oxygens (including phenoxy) is 1. The third-order valence-electron chi connectivity index (χ3n) is 2.73.